The number of esters is 1. The normalized spacial score (nSPS) is 12.2. The van der Waals surface area contributed by atoms with Crippen LogP contribution in [0, 0.1) is 6.92 Å². The summed E-state index contributed by atoms with van der Waals surface area (Å²) in [6.07, 6.45) is 1.58. The largest absolute Gasteiger partial charge is 0.495 e. The fourth-order valence-electron chi connectivity index (χ4n) is 5.19. The highest BCUT2D eigenvalue weighted by Crippen LogP contribution is 2.37. The maximum atomic E-state index is 13.6. The molecule has 0 aliphatic carbocycles. The van der Waals surface area contributed by atoms with Crippen molar-refractivity contribution in [1.82, 2.24) is 4.98 Å². The van der Waals surface area contributed by atoms with Crippen LogP contribution < -0.4 is 20.7 Å². The summed E-state index contributed by atoms with van der Waals surface area (Å²) in [5.41, 5.74) is 11.4. The molecule has 5 aromatic rings. The Kier molecular flexibility index (Phi) is 7.52. The van der Waals surface area contributed by atoms with Crippen LogP contribution in [0.4, 0.5) is 22.7 Å². The second-order valence-corrected chi connectivity index (χ2v) is 11.1. The maximum absolute atomic E-state index is 13.6. The lowest BCUT2D eigenvalue weighted by atomic mass is 10.0. The molecule has 216 valence electrons. The molecule has 43 heavy (non-hydrogen) atoms. The maximum Gasteiger partial charge on any atom is 0.338 e. The first-order chi connectivity index (χ1) is 20.8. The number of fused-ring (bicyclic) bond motifs is 3. The molecule has 2 amide bonds. The first kappa shape index (κ1) is 27.9. The van der Waals surface area contributed by atoms with Crippen LogP contribution >= 0.6 is 11.3 Å². The smallest absolute Gasteiger partial charge is 0.338 e. The number of nitrogen functional groups attached to an aromatic ring is 1. The number of nitrogens with one attached hydrogen (secondary N) is 1. The van der Waals surface area contributed by atoms with E-state index in [9.17, 15) is 14.4 Å². The highest BCUT2D eigenvalue weighted by molar-refractivity contribution is 7.21. The summed E-state index contributed by atoms with van der Waals surface area (Å²) in [5.74, 6) is -1.21. The first-order valence-electron chi connectivity index (χ1n) is 13.6. The van der Waals surface area contributed by atoms with Gasteiger partial charge in [-0.1, -0.05) is 36.4 Å². The third kappa shape index (κ3) is 5.40. The van der Waals surface area contributed by atoms with Crippen LogP contribution in [-0.4, -0.2) is 36.5 Å². The number of aryl methyl sites for hydroxylation is 3. The van der Waals surface area contributed by atoms with E-state index in [1.54, 1.807) is 11.0 Å². The molecule has 0 fully saturated rings. The van der Waals surface area contributed by atoms with E-state index in [0.29, 0.717) is 26.5 Å². The number of pyridine rings is 1. The molecule has 0 bridgehead atoms. The molecular formula is C33H28N4O5S. The number of anilines is 4. The number of ether oxygens (including phenoxy) is 2. The number of hydrogen-bond acceptors (Lipinski definition) is 8. The molecule has 1 aliphatic heterocycles. The molecule has 3 heterocycles. The van der Waals surface area contributed by atoms with Gasteiger partial charge in [0.1, 0.15) is 15.5 Å². The van der Waals surface area contributed by atoms with Crippen molar-refractivity contribution < 1.29 is 23.9 Å². The molecule has 6 rings (SSSR count). The van der Waals surface area contributed by atoms with Gasteiger partial charge in [0.2, 0.25) is 0 Å². The average Bonchev–Trinajstić information content (AvgIpc) is 3.24. The standard InChI is InChI=1S/C33H28N4O5S/c1-19-11-15-23-29(34)30(43-32(23)35-19)31(39)36-24-17-22(14-16-27(24)41-2)33(40)42-18-28(38)37-25-9-5-3-7-20(25)12-13-21-8-4-6-10-26(21)37/h3-11,14-17H,12-13,18,34H2,1-2H3,(H,36,39). The van der Waals surface area contributed by atoms with Gasteiger partial charge >= 0.3 is 5.97 Å². The SMILES string of the molecule is COc1ccc(C(=O)OCC(=O)N2c3ccccc3CCc3ccccc32)cc1NC(=O)c1sc2nc(C)ccc2c1N. The highest BCUT2D eigenvalue weighted by atomic mass is 32.1. The zero-order valence-corrected chi connectivity index (χ0v) is 24.4. The molecule has 3 N–H and O–H groups in total. The van der Waals surface area contributed by atoms with E-state index in [1.165, 1.54) is 30.6 Å². The molecule has 0 atom stereocenters. The van der Waals surface area contributed by atoms with Crippen molar-refractivity contribution in [1.29, 1.82) is 0 Å². The third-order valence-corrected chi connectivity index (χ3v) is 8.44. The molecule has 10 heteroatoms. The molecule has 0 saturated carbocycles. The number of benzene rings is 3. The van der Waals surface area contributed by atoms with Crippen molar-refractivity contribution in [3.63, 3.8) is 0 Å². The Bertz CT molecular complexity index is 1850. The minimum Gasteiger partial charge on any atom is -0.495 e. The van der Waals surface area contributed by atoms with Gasteiger partial charge in [-0.15, -0.1) is 11.3 Å². The Morgan fingerprint density at radius 3 is 2.30 bits per heavy atom. The molecule has 0 radical (unpaired) electrons. The predicted octanol–water partition coefficient (Wildman–Crippen LogP) is 6.07. The lowest BCUT2D eigenvalue weighted by molar-refractivity contribution is -0.120. The summed E-state index contributed by atoms with van der Waals surface area (Å²) in [5, 5.41) is 3.49. The number of nitrogens with zero attached hydrogens (tertiary/aromatic N) is 2. The zero-order chi connectivity index (χ0) is 30.1. The Labute approximate surface area is 251 Å². The molecule has 9 nitrogen and oxygen atoms in total. The molecule has 0 spiro atoms. The summed E-state index contributed by atoms with van der Waals surface area (Å²) < 4.78 is 10.9. The Hall–Kier alpha value is -5.22. The molecule has 3 aromatic carbocycles. The van der Waals surface area contributed by atoms with E-state index in [1.807, 2.05) is 67.6 Å². The van der Waals surface area contributed by atoms with E-state index >= 15 is 0 Å². The summed E-state index contributed by atoms with van der Waals surface area (Å²) >= 11 is 1.18. The summed E-state index contributed by atoms with van der Waals surface area (Å²) in [7, 11) is 1.46. The van der Waals surface area contributed by atoms with Crippen molar-refractivity contribution in [2.75, 3.05) is 29.7 Å². The number of methoxy groups -OCH3 is 1. The number of aromatic nitrogens is 1. The number of thiophene rings is 1. The summed E-state index contributed by atoms with van der Waals surface area (Å²) in [6, 6.07) is 23.7. The average molecular weight is 593 g/mol. The van der Waals surface area contributed by atoms with Gasteiger partial charge in [0.05, 0.1) is 35.4 Å². The molecule has 0 unspecified atom stereocenters. The van der Waals surface area contributed by atoms with Crippen LogP contribution in [0.1, 0.15) is 36.9 Å². The Morgan fingerprint density at radius 2 is 1.63 bits per heavy atom. The van der Waals surface area contributed by atoms with E-state index in [-0.39, 0.29) is 17.2 Å². The van der Waals surface area contributed by atoms with E-state index in [2.05, 4.69) is 10.3 Å². The summed E-state index contributed by atoms with van der Waals surface area (Å²) in [6.45, 7) is 1.39. The number of nitrogens with two attached hydrogens (primary N) is 1. The minimum absolute atomic E-state index is 0.141. The van der Waals surface area contributed by atoms with Gasteiger partial charge in [-0.2, -0.15) is 0 Å². The predicted molar refractivity (Wildman–Crippen MR) is 167 cm³/mol. The topological polar surface area (TPSA) is 124 Å². The third-order valence-electron chi connectivity index (χ3n) is 7.33. The van der Waals surface area contributed by atoms with Gasteiger partial charge in [0.25, 0.3) is 11.8 Å². The lowest BCUT2D eigenvalue weighted by Crippen LogP contribution is -2.31. The fourth-order valence-corrected chi connectivity index (χ4v) is 6.23. The van der Waals surface area contributed by atoms with Gasteiger partial charge in [0.15, 0.2) is 6.61 Å². The van der Waals surface area contributed by atoms with Gasteiger partial charge in [-0.3, -0.25) is 14.5 Å². The van der Waals surface area contributed by atoms with Crippen LogP contribution in [-0.2, 0) is 22.4 Å². The number of amides is 2. The second-order valence-electron chi connectivity index (χ2n) is 10.1. The van der Waals surface area contributed by atoms with E-state index < -0.39 is 18.5 Å². The van der Waals surface area contributed by atoms with Crippen molar-refractivity contribution in [2.24, 2.45) is 0 Å². The molecule has 1 aliphatic rings. The molecular weight excluding hydrogens is 564 g/mol. The molecule has 2 aromatic heterocycles. The Morgan fingerprint density at radius 1 is 0.953 bits per heavy atom. The van der Waals surface area contributed by atoms with Crippen molar-refractivity contribution in [2.45, 2.75) is 19.8 Å². The van der Waals surface area contributed by atoms with Gasteiger partial charge in [-0.25, -0.2) is 9.78 Å². The van der Waals surface area contributed by atoms with Gasteiger partial charge < -0.3 is 20.5 Å². The number of para-hydroxylation sites is 2. The van der Waals surface area contributed by atoms with E-state index in [4.69, 9.17) is 15.2 Å². The van der Waals surface area contributed by atoms with Crippen LogP contribution in [0.15, 0.2) is 78.9 Å². The van der Waals surface area contributed by atoms with Crippen molar-refractivity contribution in [3.05, 3.63) is 106 Å². The number of hydrogen-bond donors (Lipinski definition) is 2. The second kappa shape index (κ2) is 11.6. The number of rotatable bonds is 6. The minimum atomic E-state index is -0.719. The fraction of sp³-hybridized carbons (Fsp3) is 0.152. The van der Waals surface area contributed by atoms with Crippen LogP contribution in [0.25, 0.3) is 10.2 Å². The van der Waals surface area contributed by atoms with Crippen LogP contribution in [0.2, 0.25) is 0 Å². The number of carbonyl (C=O) groups is 3. The highest BCUT2D eigenvalue weighted by Gasteiger charge is 2.27. The first-order valence-corrected chi connectivity index (χ1v) is 14.5. The Balaban J connectivity index is 1.21. The van der Waals surface area contributed by atoms with Crippen molar-refractivity contribution in [3.8, 4) is 5.75 Å². The molecule has 0 saturated heterocycles. The van der Waals surface area contributed by atoms with E-state index in [0.717, 1.165) is 41.0 Å². The van der Waals surface area contributed by atoms with Gasteiger partial charge in [0, 0.05) is 11.1 Å². The van der Waals surface area contributed by atoms with Gasteiger partial charge in [-0.05, 0) is 73.4 Å². The van der Waals surface area contributed by atoms with Crippen LogP contribution in [0.5, 0.6) is 5.75 Å². The quantitative estimate of drug-likeness (QED) is 0.230. The van der Waals surface area contributed by atoms with Crippen LogP contribution in [0.3, 0.4) is 0 Å². The number of carbonyl (C=O) groups excluding carboxylic acids is 3. The lowest BCUT2D eigenvalue weighted by Gasteiger charge is -2.24. The monoisotopic (exact) mass is 592 g/mol. The zero-order valence-electron chi connectivity index (χ0n) is 23.5. The summed E-state index contributed by atoms with van der Waals surface area (Å²) in [4.78, 5) is 47.0. The van der Waals surface area contributed by atoms with Crippen molar-refractivity contribution >= 4 is 62.1 Å².